The first kappa shape index (κ1) is 13.7. The zero-order chi connectivity index (χ0) is 13.8. The fourth-order valence-corrected chi connectivity index (χ4v) is 2.08. The minimum absolute atomic E-state index is 0.287. The van der Waals surface area contributed by atoms with Crippen molar-refractivity contribution in [3.05, 3.63) is 58.4 Å². The number of nitrogens with zero attached hydrogens (tertiary/aromatic N) is 1. The van der Waals surface area contributed by atoms with Gasteiger partial charge in [0.2, 0.25) is 0 Å². The topological polar surface area (TPSA) is 31.2 Å². The Hall–Kier alpha value is -1.74. The van der Waals surface area contributed by atoms with Gasteiger partial charge in [-0.05, 0) is 43.2 Å². The number of carbonyl (C=O) groups is 1. The van der Waals surface area contributed by atoms with Gasteiger partial charge in [0.15, 0.2) is 0 Å². The van der Waals surface area contributed by atoms with Crippen LogP contribution in [0.3, 0.4) is 0 Å². The summed E-state index contributed by atoms with van der Waals surface area (Å²) in [6, 6.07) is 9.43. The third kappa shape index (κ3) is 3.38. The zero-order valence-electron chi connectivity index (χ0n) is 11.0. The molecule has 2 rings (SSSR count). The number of benzene rings is 1. The van der Waals surface area contributed by atoms with Gasteiger partial charge in [-0.1, -0.05) is 23.7 Å². The van der Waals surface area contributed by atoms with Crippen molar-refractivity contribution in [3.8, 4) is 0 Å². The van der Waals surface area contributed by atoms with Gasteiger partial charge in [0.25, 0.3) is 0 Å². The van der Waals surface area contributed by atoms with Crippen molar-refractivity contribution in [2.75, 3.05) is 6.61 Å². The maximum Gasteiger partial charge on any atom is 0.354 e. The highest BCUT2D eigenvalue weighted by Gasteiger charge is 2.13. The van der Waals surface area contributed by atoms with Gasteiger partial charge in [-0.25, -0.2) is 4.79 Å². The number of esters is 1. The molecule has 0 fully saturated rings. The standard InChI is InChI=1S/C15H16ClNO2/c1-3-19-15(18)14-8-11(2)9-17(14)10-12-4-6-13(16)7-5-12/h4-9H,3,10H2,1-2H3. The Morgan fingerprint density at radius 1 is 1.32 bits per heavy atom. The smallest absolute Gasteiger partial charge is 0.354 e. The molecule has 0 radical (unpaired) electrons. The summed E-state index contributed by atoms with van der Waals surface area (Å²) in [6.07, 6.45) is 1.95. The van der Waals surface area contributed by atoms with E-state index in [1.54, 1.807) is 6.92 Å². The Kier molecular flexibility index (Phi) is 4.27. The fraction of sp³-hybridized carbons (Fsp3) is 0.267. The molecule has 0 aliphatic carbocycles. The second kappa shape index (κ2) is 5.93. The molecule has 2 aromatic rings. The van der Waals surface area contributed by atoms with Crippen molar-refractivity contribution < 1.29 is 9.53 Å². The summed E-state index contributed by atoms with van der Waals surface area (Å²) < 4.78 is 6.96. The molecule has 0 N–H and O–H groups in total. The van der Waals surface area contributed by atoms with E-state index < -0.39 is 0 Å². The van der Waals surface area contributed by atoms with Crippen molar-refractivity contribution in [1.29, 1.82) is 0 Å². The fourth-order valence-electron chi connectivity index (χ4n) is 1.95. The first-order chi connectivity index (χ1) is 9.10. The van der Waals surface area contributed by atoms with Gasteiger partial charge in [0.1, 0.15) is 5.69 Å². The van der Waals surface area contributed by atoms with E-state index in [-0.39, 0.29) is 5.97 Å². The number of aromatic nitrogens is 1. The molecule has 4 heteroatoms. The summed E-state index contributed by atoms with van der Waals surface area (Å²) in [6.45, 7) is 4.77. The zero-order valence-corrected chi connectivity index (χ0v) is 11.8. The van der Waals surface area contributed by atoms with Crippen molar-refractivity contribution in [2.45, 2.75) is 20.4 Å². The summed E-state index contributed by atoms with van der Waals surface area (Å²) in [5.41, 5.74) is 2.71. The average Bonchev–Trinajstić information content (AvgIpc) is 2.74. The molecule has 1 heterocycles. The van der Waals surface area contributed by atoms with Crippen LogP contribution in [0.1, 0.15) is 28.5 Å². The lowest BCUT2D eigenvalue weighted by Gasteiger charge is -2.08. The number of hydrogen-bond donors (Lipinski definition) is 0. The maximum atomic E-state index is 11.9. The Morgan fingerprint density at radius 2 is 2.00 bits per heavy atom. The quantitative estimate of drug-likeness (QED) is 0.799. The second-order valence-corrected chi connectivity index (χ2v) is 4.81. The molecule has 0 spiro atoms. The van der Waals surface area contributed by atoms with Crippen molar-refractivity contribution in [3.63, 3.8) is 0 Å². The minimum Gasteiger partial charge on any atom is -0.461 e. The maximum absolute atomic E-state index is 11.9. The molecule has 0 atom stereocenters. The number of carbonyl (C=O) groups excluding carboxylic acids is 1. The predicted molar refractivity (Wildman–Crippen MR) is 75.7 cm³/mol. The van der Waals surface area contributed by atoms with E-state index in [2.05, 4.69) is 0 Å². The Labute approximate surface area is 117 Å². The summed E-state index contributed by atoms with van der Waals surface area (Å²) in [7, 11) is 0. The normalized spacial score (nSPS) is 10.5. The number of rotatable bonds is 4. The largest absolute Gasteiger partial charge is 0.461 e. The number of aryl methyl sites for hydroxylation is 1. The third-order valence-corrected chi connectivity index (χ3v) is 3.04. The molecule has 0 saturated carbocycles. The van der Waals surface area contributed by atoms with Crippen molar-refractivity contribution in [1.82, 2.24) is 4.57 Å². The van der Waals surface area contributed by atoms with E-state index in [0.29, 0.717) is 23.9 Å². The molecular formula is C15H16ClNO2. The van der Waals surface area contributed by atoms with Gasteiger partial charge >= 0.3 is 5.97 Å². The van der Waals surface area contributed by atoms with Crippen LogP contribution in [0.15, 0.2) is 36.5 Å². The van der Waals surface area contributed by atoms with Crippen molar-refractivity contribution >= 4 is 17.6 Å². The molecule has 0 amide bonds. The Bertz CT molecular complexity index is 572. The van der Waals surface area contributed by atoms with E-state index >= 15 is 0 Å². The van der Waals surface area contributed by atoms with Crippen LogP contribution in [-0.4, -0.2) is 17.1 Å². The van der Waals surface area contributed by atoms with E-state index in [0.717, 1.165) is 11.1 Å². The lowest BCUT2D eigenvalue weighted by molar-refractivity contribution is 0.0514. The lowest BCUT2D eigenvalue weighted by Crippen LogP contribution is -2.12. The van der Waals surface area contributed by atoms with Crippen LogP contribution >= 0.6 is 11.6 Å². The van der Waals surface area contributed by atoms with Gasteiger partial charge in [-0.2, -0.15) is 0 Å². The van der Waals surface area contributed by atoms with Crippen LogP contribution in [0, 0.1) is 6.92 Å². The van der Waals surface area contributed by atoms with Crippen LogP contribution in [0.2, 0.25) is 5.02 Å². The van der Waals surface area contributed by atoms with Crippen LogP contribution in [0.25, 0.3) is 0 Å². The van der Waals surface area contributed by atoms with Gasteiger partial charge < -0.3 is 9.30 Å². The number of hydrogen-bond acceptors (Lipinski definition) is 2. The van der Waals surface area contributed by atoms with Crippen LogP contribution in [0.5, 0.6) is 0 Å². The van der Waals surface area contributed by atoms with Crippen molar-refractivity contribution in [2.24, 2.45) is 0 Å². The van der Waals surface area contributed by atoms with Gasteiger partial charge in [-0.15, -0.1) is 0 Å². The monoisotopic (exact) mass is 277 g/mol. The molecule has 100 valence electrons. The van der Waals surface area contributed by atoms with Gasteiger partial charge in [-0.3, -0.25) is 0 Å². The number of halogens is 1. The van der Waals surface area contributed by atoms with E-state index in [4.69, 9.17) is 16.3 Å². The Morgan fingerprint density at radius 3 is 2.63 bits per heavy atom. The molecule has 0 aliphatic rings. The summed E-state index contributed by atoms with van der Waals surface area (Å²) >= 11 is 5.86. The Balaban J connectivity index is 2.24. The van der Waals surface area contributed by atoms with E-state index in [9.17, 15) is 4.79 Å². The highest BCUT2D eigenvalue weighted by molar-refractivity contribution is 6.30. The third-order valence-electron chi connectivity index (χ3n) is 2.78. The summed E-state index contributed by atoms with van der Waals surface area (Å²) in [5, 5.41) is 0.707. The van der Waals surface area contributed by atoms with Gasteiger partial charge in [0, 0.05) is 17.8 Å². The molecular weight excluding hydrogens is 262 g/mol. The highest BCUT2D eigenvalue weighted by Crippen LogP contribution is 2.15. The first-order valence-corrected chi connectivity index (χ1v) is 6.56. The van der Waals surface area contributed by atoms with E-state index in [1.807, 2.05) is 48.0 Å². The molecule has 0 saturated heterocycles. The summed E-state index contributed by atoms with van der Waals surface area (Å²) in [5.74, 6) is -0.287. The van der Waals surface area contributed by atoms with Crippen LogP contribution < -0.4 is 0 Å². The molecule has 19 heavy (non-hydrogen) atoms. The molecule has 1 aromatic carbocycles. The highest BCUT2D eigenvalue weighted by atomic mass is 35.5. The molecule has 0 aliphatic heterocycles. The molecule has 0 bridgehead atoms. The average molecular weight is 278 g/mol. The SMILES string of the molecule is CCOC(=O)c1cc(C)cn1Cc1ccc(Cl)cc1. The van der Waals surface area contributed by atoms with E-state index in [1.165, 1.54) is 0 Å². The summed E-state index contributed by atoms with van der Waals surface area (Å²) in [4.78, 5) is 11.9. The molecule has 1 aromatic heterocycles. The second-order valence-electron chi connectivity index (χ2n) is 4.38. The van der Waals surface area contributed by atoms with Crippen LogP contribution in [-0.2, 0) is 11.3 Å². The minimum atomic E-state index is -0.287. The van der Waals surface area contributed by atoms with Crippen LogP contribution in [0.4, 0.5) is 0 Å². The molecule has 0 unspecified atom stereocenters. The molecule has 3 nitrogen and oxygen atoms in total. The lowest BCUT2D eigenvalue weighted by atomic mass is 10.2. The first-order valence-electron chi connectivity index (χ1n) is 6.18. The predicted octanol–water partition coefficient (Wildman–Crippen LogP) is 3.67. The number of ether oxygens (including phenoxy) is 1. The van der Waals surface area contributed by atoms with Gasteiger partial charge in [0.05, 0.1) is 6.61 Å².